The molecule has 2 aromatic rings. The van der Waals surface area contributed by atoms with Gasteiger partial charge in [0.25, 0.3) is 5.91 Å². The maximum absolute atomic E-state index is 13.0. The Morgan fingerprint density at radius 1 is 1.32 bits per heavy atom. The van der Waals surface area contributed by atoms with Crippen LogP contribution in [0.15, 0.2) is 28.8 Å². The van der Waals surface area contributed by atoms with Crippen molar-refractivity contribution in [2.45, 2.75) is 33.7 Å². The van der Waals surface area contributed by atoms with Crippen molar-refractivity contribution >= 4 is 23.4 Å². The molecule has 1 aromatic heterocycles. The van der Waals surface area contributed by atoms with Crippen LogP contribution in [0.2, 0.25) is 5.02 Å². The van der Waals surface area contributed by atoms with Gasteiger partial charge in [-0.15, -0.1) is 0 Å². The van der Waals surface area contributed by atoms with E-state index in [1.807, 2.05) is 26.8 Å². The van der Waals surface area contributed by atoms with Gasteiger partial charge in [-0.2, -0.15) is 0 Å². The summed E-state index contributed by atoms with van der Waals surface area (Å²) in [5, 5.41) is 7.27. The van der Waals surface area contributed by atoms with E-state index in [1.165, 1.54) is 4.90 Å². The fourth-order valence-electron chi connectivity index (χ4n) is 2.49. The minimum absolute atomic E-state index is 0.0114. The minimum Gasteiger partial charge on any atom is -0.360 e. The van der Waals surface area contributed by atoms with Crippen molar-refractivity contribution in [1.29, 1.82) is 0 Å². The Morgan fingerprint density at radius 3 is 2.60 bits per heavy atom. The number of aryl methyl sites for hydroxylation is 1. The first-order chi connectivity index (χ1) is 11.8. The van der Waals surface area contributed by atoms with Crippen molar-refractivity contribution in [2.24, 2.45) is 0 Å². The van der Waals surface area contributed by atoms with Gasteiger partial charge in [0.15, 0.2) is 0 Å². The summed E-state index contributed by atoms with van der Waals surface area (Å²) in [5.41, 5.74) is 1.33. The average molecular weight is 364 g/mol. The molecule has 0 saturated carbocycles. The van der Waals surface area contributed by atoms with Gasteiger partial charge in [0.2, 0.25) is 5.91 Å². The van der Waals surface area contributed by atoms with Crippen LogP contribution in [-0.4, -0.2) is 41.0 Å². The number of nitrogens with zero attached hydrogens (tertiary/aromatic N) is 2. The molecule has 2 amide bonds. The summed E-state index contributed by atoms with van der Waals surface area (Å²) in [6, 6.07) is 7.13. The maximum atomic E-state index is 13.0. The molecule has 0 unspecified atom stereocenters. The van der Waals surface area contributed by atoms with Crippen molar-refractivity contribution < 1.29 is 14.1 Å². The Hall–Kier alpha value is -2.34. The summed E-state index contributed by atoms with van der Waals surface area (Å²) in [4.78, 5) is 26.5. The molecule has 1 aromatic carbocycles. The molecule has 0 aliphatic heterocycles. The monoisotopic (exact) mass is 363 g/mol. The molecule has 0 radical (unpaired) electrons. The summed E-state index contributed by atoms with van der Waals surface area (Å²) in [5.74, 6) is -0.128. The van der Waals surface area contributed by atoms with Gasteiger partial charge in [0.1, 0.15) is 17.0 Å². The lowest BCUT2D eigenvalue weighted by Crippen LogP contribution is -2.42. The van der Waals surface area contributed by atoms with Crippen LogP contribution in [0.3, 0.4) is 0 Å². The number of carbonyl (C=O) groups is 2. The van der Waals surface area contributed by atoms with Gasteiger partial charge in [0.05, 0.1) is 11.6 Å². The van der Waals surface area contributed by atoms with Crippen LogP contribution in [0, 0.1) is 6.92 Å². The molecule has 1 N–H and O–H groups in total. The van der Waals surface area contributed by atoms with E-state index in [9.17, 15) is 9.59 Å². The number of benzene rings is 1. The fourth-order valence-corrected chi connectivity index (χ4v) is 2.71. The van der Waals surface area contributed by atoms with Crippen molar-refractivity contribution in [2.75, 3.05) is 13.1 Å². The number of halogens is 1. The first-order valence-corrected chi connectivity index (χ1v) is 8.52. The molecule has 7 heteroatoms. The Bertz CT molecular complexity index is 771. The van der Waals surface area contributed by atoms with Crippen LogP contribution in [0.5, 0.6) is 0 Å². The highest BCUT2D eigenvalue weighted by atomic mass is 35.5. The highest BCUT2D eigenvalue weighted by Gasteiger charge is 2.27. The summed E-state index contributed by atoms with van der Waals surface area (Å²) >= 11 is 6.23. The van der Waals surface area contributed by atoms with E-state index in [4.69, 9.17) is 16.1 Å². The first-order valence-electron chi connectivity index (χ1n) is 8.14. The van der Waals surface area contributed by atoms with E-state index in [0.717, 1.165) is 0 Å². The summed E-state index contributed by atoms with van der Waals surface area (Å²) < 4.78 is 5.23. The van der Waals surface area contributed by atoms with Gasteiger partial charge in [-0.1, -0.05) is 35.0 Å². The highest BCUT2D eigenvalue weighted by Crippen LogP contribution is 2.31. The third-order valence-electron chi connectivity index (χ3n) is 3.66. The summed E-state index contributed by atoms with van der Waals surface area (Å²) in [6.45, 7) is 7.59. The number of nitrogens with one attached hydrogen (secondary N) is 1. The molecule has 0 aliphatic carbocycles. The molecular weight excluding hydrogens is 342 g/mol. The van der Waals surface area contributed by atoms with Crippen LogP contribution in [0.1, 0.15) is 36.9 Å². The van der Waals surface area contributed by atoms with Crippen LogP contribution < -0.4 is 5.32 Å². The Kier molecular flexibility index (Phi) is 6.20. The predicted octanol–water partition coefficient (Wildman–Crippen LogP) is 3.29. The van der Waals surface area contributed by atoms with Crippen LogP contribution in [0.4, 0.5) is 0 Å². The molecule has 2 rings (SSSR count). The molecular formula is C18H22ClN3O3. The first kappa shape index (κ1) is 19.0. The number of hydrogen-bond donors (Lipinski definition) is 1. The second-order valence-corrected chi connectivity index (χ2v) is 6.39. The third-order valence-corrected chi connectivity index (χ3v) is 3.99. The largest absolute Gasteiger partial charge is 0.360 e. The summed E-state index contributed by atoms with van der Waals surface area (Å²) in [6.07, 6.45) is 0. The lowest BCUT2D eigenvalue weighted by atomic mass is 10.0. The molecule has 0 spiro atoms. The van der Waals surface area contributed by atoms with Crippen LogP contribution in [-0.2, 0) is 4.79 Å². The molecule has 0 atom stereocenters. The Balaban J connectivity index is 2.34. The molecule has 25 heavy (non-hydrogen) atoms. The van der Waals surface area contributed by atoms with E-state index in [2.05, 4.69) is 10.5 Å². The van der Waals surface area contributed by atoms with E-state index < -0.39 is 0 Å². The van der Waals surface area contributed by atoms with Gasteiger partial charge in [-0.05, 0) is 33.8 Å². The molecule has 134 valence electrons. The van der Waals surface area contributed by atoms with Gasteiger partial charge in [0, 0.05) is 18.2 Å². The predicted molar refractivity (Wildman–Crippen MR) is 96.5 cm³/mol. The van der Waals surface area contributed by atoms with Gasteiger partial charge < -0.3 is 14.7 Å². The van der Waals surface area contributed by atoms with Crippen molar-refractivity contribution in [3.05, 3.63) is 40.6 Å². The number of aromatic nitrogens is 1. The van der Waals surface area contributed by atoms with E-state index in [-0.39, 0.29) is 24.4 Å². The number of carbonyl (C=O) groups excluding carboxylic acids is 2. The third kappa shape index (κ3) is 4.39. The Morgan fingerprint density at radius 2 is 2.00 bits per heavy atom. The maximum Gasteiger partial charge on any atom is 0.260 e. The van der Waals surface area contributed by atoms with Gasteiger partial charge in [-0.3, -0.25) is 9.59 Å². The SMILES string of the molecule is CCN(CC(=O)NC(C)C)C(=O)c1c(-c2ccccc2Cl)noc1C. The van der Waals surface area contributed by atoms with Crippen molar-refractivity contribution in [1.82, 2.24) is 15.4 Å². The fraction of sp³-hybridized carbons (Fsp3) is 0.389. The minimum atomic E-state index is -0.310. The quantitative estimate of drug-likeness (QED) is 0.854. The second-order valence-electron chi connectivity index (χ2n) is 5.98. The number of likely N-dealkylation sites (N-methyl/N-ethyl adjacent to an activating group) is 1. The normalized spacial score (nSPS) is 10.8. The molecule has 6 nitrogen and oxygen atoms in total. The zero-order chi connectivity index (χ0) is 18.6. The molecule has 0 fully saturated rings. The number of amides is 2. The highest BCUT2D eigenvalue weighted by molar-refractivity contribution is 6.33. The summed E-state index contributed by atoms with van der Waals surface area (Å²) in [7, 11) is 0. The van der Waals surface area contributed by atoms with E-state index in [1.54, 1.807) is 25.1 Å². The van der Waals surface area contributed by atoms with Gasteiger partial charge in [-0.25, -0.2) is 0 Å². The van der Waals surface area contributed by atoms with E-state index >= 15 is 0 Å². The zero-order valence-electron chi connectivity index (χ0n) is 14.8. The lowest BCUT2D eigenvalue weighted by molar-refractivity contribution is -0.122. The smallest absolute Gasteiger partial charge is 0.260 e. The van der Waals surface area contributed by atoms with Crippen LogP contribution >= 0.6 is 11.6 Å². The van der Waals surface area contributed by atoms with Crippen molar-refractivity contribution in [3.8, 4) is 11.3 Å². The van der Waals surface area contributed by atoms with E-state index in [0.29, 0.717) is 34.1 Å². The molecule has 1 heterocycles. The number of hydrogen-bond acceptors (Lipinski definition) is 4. The molecule has 0 aliphatic rings. The second kappa shape index (κ2) is 8.16. The molecule has 0 saturated heterocycles. The van der Waals surface area contributed by atoms with Crippen LogP contribution in [0.25, 0.3) is 11.3 Å². The zero-order valence-corrected chi connectivity index (χ0v) is 15.6. The topological polar surface area (TPSA) is 75.4 Å². The number of rotatable bonds is 6. The average Bonchev–Trinajstić information content (AvgIpc) is 2.93. The Labute approximate surface area is 152 Å². The van der Waals surface area contributed by atoms with Crippen molar-refractivity contribution in [3.63, 3.8) is 0 Å². The standard InChI is InChI=1S/C18H22ClN3O3/c1-5-22(10-15(23)20-11(2)3)18(24)16-12(4)25-21-17(16)13-8-6-7-9-14(13)19/h6-9,11H,5,10H2,1-4H3,(H,20,23). The molecule has 0 bridgehead atoms. The van der Waals surface area contributed by atoms with Gasteiger partial charge >= 0.3 is 0 Å². The lowest BCUT2D eigenvalue weighted by Gasteiger charge is -2.21.